The molecule has 1 aliphatic carbocycles. The van der Waals surface area contributed by atoms with Crippen molar-refractivity contribution in [3.8, 4) is 0 Å². The van der Waals surface area contributed by atoms with Crippen molar-refractivity contribution in [1.82, 2.24) is 15.0 Å². The largest absolute Gasteiger partial charge is 0.442 e. The van der Waals surface area contributed by atoms with Crippen molar-refractivity contribution in [2.24, 2.45) is 11.8 Å². The number of amides is 1. The maximum absolute atomic E-state index is 14.8. The van der Waals surface area contributed by atoms with E-state index in [-0.39, 0.29) is 18.0 Å². The third-order valence-electron chi connectivity index (χ3n) is 6.05. The second-order valence-corrected chi connectivity index (χ2v) is 7.93. The molecule has 2 aliphatic heterocycles. The minimum absolute atomic E-state index is 0.212. The lowest BCUT2D eigenvalue weighted by Crippen LogP contribution is -2.27. The molecule has 0 radical (unpaired) electrons. The number of carbonyl (C=O) groups is 1. The summed E-state index contributed by atoms with van der Waals surface area (Å²) in [6.45, 7) is 2.28. The first-order valence-corrected chi connectivity index (χ1v) is 9.61. The van der Waals surface area contributed by atoms with Crippen molar-refractivity contribution in [2.45, 2.75) is 31.6 Å². The predicted octanol–water partition coefficient (Wildman–Crippen LogP) is 1.65. The first-order chi connectivity index (χ1) is 13.6. The number of hydrogen-bond donors (Lipinski definition) is 1. The van der Waals surface area contributed by atoms with Crippen LogP contribution in [0, 0.1) is 17.7 Å². The lowest BCUT2D eigenvalue weighted by atomic mass is 10.0. The summed E-state index contributed by atoms with van der Waals surface area (Å²) in [4.78, 5) is 15.7. The van der Waals surface area contributed by atoms with Gasteiger partial charge < -0.3 is 14.7 Å². The van der Waals surface area contributed by atoms with E-state index < -0.39 is 6.09 Å². The van der Waals surface area contributed by atoms with Crippen LogP contribution in [0.3, 0.4) is 0 Å². The highest BCUT2D eigenvalue weighted by Gasteiger charge is 2.41. The van der Waals surface area contributed by atoms with Gasteiger partial charge in [-0.05, 0) is 42.9 Å². The van der Waals surface area contributed by atoms with Crippen molar-refractivity contribution >= 4 is 17.5 Å². The molecular weight excluding hydrogens is 365 g/mol. The zero-order valence-corrected chi connectivity index (χ0v) is 15.3. The molecule has 3 heterocycles. The quantitative estimate of drug-likeness (QED) is 0.859. The summed E-state index contributed by atoms with van der Waals surface area (Å²) in [5, 5.41) is 17.4. The highest BCUT2D eigenvalue weighted by molar-refractivity contribution is 5.90. The van der Waals surface area contributed by atoms with Crippen LogP contribution in [0.25, 0.3) is 0 Å². The number of aliphatic hydroxyl groups is 1. The zero-order chi connectivity index (χ0) is 19.3. The summed E-state index contributed by atoms with van der Waals surface area (Å²) in [7, 11) is 0. The maximum atomic E-state index is 14.8. The highest BCUT2D eigenvalue weighted by Crippen LogP contribution is 2.41. The van der Waals surface area contributed by atoms with Gasteiger partial charge in [0.15, 0.2) is 0 Å². The zero-order valence-electron chi connectivity index (χ0n) is 15.3. The normalized spacial score (nSPS) is 29.4. The van der Waals surface area contributed by atoms with Crippen LogP contribution in [-0.4, -0.2) is 58.0 Å². The van der Waals surface area contributed by atoms with Crippen LogP contribution in [-0.2, 0) is 11.3 Å². The van der Waals surface area contributed by atoms with Gasteiger partial charge in [0.25, 0.3) is 0 Å². The summed E-state index contributed by atoms with van der Waals surface area (Å²) in [5.41, 5.74) is 1.04. The Kier molecular flexibility index (Phi) is 4.19. The number of nitrogens with zero attached hydrogens (tertiary/aromatic N) is 5. The Labute approximate surface area is 161 Å². The smallest absolute Gasteiger partial charge is 0.414 e. The van der Waals surface area contributed by atoms with Crippen LogP contribution in [0.5, 0.6) is 0 Å². The van der Waals surface area contributed by atoms with Gasteiger partial charge in [0.05, 0.1) is 36.8 Å². The number of carbonyl (C=O) groups excluding carboxylic acids is 1. The van der Waals surface area contributed by atoms with Crippen LogP contribution in [0.1, 0.15) is 12.8 Å². The highest BCUT2D eigenvalue weighted by atomic mass is 19.1. The standard InChI is InChI=1S/C19H22FN5O3/c20-17-7-14(25-11-16(28-19(25)27)10-24-4-3-21-22-24)1-2-18(17)23-8-12-5-15(26)6-13(12)9-23/h1-4,7,12-13,15-16,26H,5-6,8-11H2/t12-,13+,15?,16-/m0/s1. The number of rotatable bonds is 4. The fourth-order valence-corrected chi connectivity index (χ4v) is 4.75. The van der Waals surface area contributed by atoms with Gasteiger partial charge in [-0.2, -0.15) is 0 Å². The molecule has 5 rings (SSSR count). The number of halogens is 1. The number of anilines is 2. The second-order valence-electron chi connectivity index (χ2n) is 7.93. The van der Waals surface area contributed by atoms with E-state index in [4.69, 9.17) is 4.74 Å². The number of aliphatic hydroxyl groups excluding tert-OH is 1. The summed E-state index contributed by atoms with van der Waals surface area (Å²) >= 11 is 0. The average Bonchev–Trinajstić information content (AvgIpc) is 3.40. The van der Waals surface area contributed by atoms with Crippen LogP contribution in [0.15, 0.2) is 30.6 Å². The molecule has 1 aromatic heterocycles. The fourth-order valence-electron chi connectivity index (χ4n) is 4.75. The van der Waals surface area contributed by atoms with Crippen LogP contribution >= 0.6 is 0 Å². The SMILES string of the molecule is O=C1O[C@@H](Cn2ccnn2)CN1c1ccc(N2C[C@H]3CC(O)C[C@H]3C2)c(F)c1. The van der Waals surface area contributed by atoms with Crippen molar-refractivity contribution in [2.75, 3.05) is 29.4 Å². The second kappa shape index (κ2) is 6.73. The maximum Gasteiger partial charge on any atom is 0.414 e. The van der Waals surface area contributed by atoms with E-state index in [2.05, 4.69) is 15.2 Å². The molecule has 1 saturated carbocycles. The van der Waals surface area contributed by atoms with Gasteiger partial charge in [-0.25, -0.2) is 13.9 Å². The Hall–Kier alpha value is -2.68. The van der Waals surface area contributed by atoms with Gasteiger partial charge in [-0.15, -0.1) is 5.10 Å². The number of hydrogen-bond acceptors (Lipinski definition) is 6. The first kappa shape index (κ1) is 17.4. The Morgan fingerprint density at radius 3 is 2.68 bits per heavy atom. The van der Waals surface area contributed by atoms with Crippen LogP contribution < -0.4 is 9.80 Å². The Morgan fingerprint density at radius 1 is 1.21 bits per heavy atom. The van der Waals surface area contributed by atoms with Crippen LogP contribution in [0.4, 0.5) is 20.6 Å². The number of ether oxygens (including phenoxy) is 1. The minimum atomic E-state index is -0.484. The molecule has 4 atom stereocenters. The lowest BCUT2D eigenvalue weighted by Gasteiger charge is -2.22. The summed E-state index contributed by atoms with van der Waals surface area (Å²) in [6, 6.07) is 4.90. The Balaban J connectivity index is 1.28. The molecule has 3 fully saturated rings. The van der Waals surface area contributed by atoms with Crippen molar-refractivity contribution in [1.29, 1.82) is 0 Å². The average molecular weight is 387 g/mol. The molecular formula is C19H22FN5O3. The monoisotopic (exact) mass is 387 g/mol. The molecule has 1 unspecified atom stereocenters. The van der Waals surface area contributed by atoms with E-state index in [9.17, 15) is 14.3 Å². The molecule has 8 nitrogen and oxygen atoms in total. The summed E-state index contributed by atoms with van der Waals surface area (Å²) < 4.78 is 21.8. The molecule has 0 bridgehead atoms. The van der Waals surface area contributed by atoms with E-state index >= 15 is 0 Å². The third-order valence-corrected chi connectivity index (χ3v) is 6.05. The molecule has 2 saturated heterocycles. The first-order valence-electron chi connectivity index (χ1n) is 9.61. The number of cyclic esters (lactones) is 1. The van der Waals surface area contributed by atoms with Gasteiger partial charge in [0, 0.05) is 19.3 Å². The topological polar surface area (TPSA) is 83.7 Å². The van der Waals surface area contributed by atoms with Crippen molar-refractivity contribution in [3.05, 3.63) is 36.4 Å². The van der Waals surface area contributed by atoms with E-state index in [1.165, 1.54) is 11.0 Å². The molecule has 2 aromatic rings. The van der Waals surface area contributed by atoms with Crippen LogP contribution in [0.2, 0.25) is 0 Å². The van der Waals surface area contributed by atoms with E-state index in [1.54, 1.807) is 29.2 Å². The molecule has 0 spiro atoms. The number of benzene rings is 1. The summed E-state index contributed by atoms with van der Waals surface area (Å²) in [5.74, 6) is 0.519. The molecule has 1 aromatic carbocycles. The van der Waals surface area contributed by atoms with Gasteiger partial charge in [0.1, 0.15) is 11.9 Å². The summed E-state index contributed by atoms with van der Waals surface area (Å²) in [6.07, 6.45) is 3.81. The van der Waals surface area contributed by atoms with E-state index in [0.29, 0.717) is 36.3 Å². The fraction of sp³-hybridized carbons (Fsp3) is 0.526. The number of aromatic nitrogens is 3. The molecule has 1 N–H and O–H groups in total. The molecule has 9 heteroatoms. The van der Waals surface area contributed by atoms with Gasteiger partial charge >= 0.3 is 6.09 Å². The van der Waals surface area contributed by atoms with Gasteiger partial charge in [0.2, 0.25) is 0 Å². The van der Waals surface area contributed by atoms with Crippen molar-refractivity contribution in [3.63, 3.8) is 0 Å². The Morgan fingerprint density at radius 2 is 2.00 bits per heavy atom. The third kappa shape index (κ3) is 3.09. The molecule has 148 valence electrons. The van der Waals surface area contributed by atoms with Gasteiger partial charge in [-0.3, -0.25) is 4.90 Å². The minimum Gasteiger partial charge on any atom is -0.442 e. The molecule has 28 heavy (non-hydrogen) atoms. The van der Waals surface area contributed by atoms with Gasteiger partial charge in [-0.1, -0.05) is 5.21 Å². The van der Waals surface area contributed by atoms with E-state index in [0.717, 1.165) is 25.9 Å². The van der Waals surface area contributed by atoms with E-state index in [1.807, 2.05) is 0 Å². The lowest BCUT2D eigenvalue weighted by molar-refractivity contribution is 0.129. The molecule has 3 aliphatic rings. The molecule has 1 amide bonds. The number of fused-ring (bicyclic) bond motifs is 1. The van der Waals surface area contributed by atoms with Crippen molar-refractivity contribution < 1.29 is 19.0 Å². The Bertz CT molecular complexity index is 862. The predicted molar refractivity (Wildman–Crippen MR) is 98.5 cm³/mol.